The standard InChI is InChI=1S/C16H14ClFN4O/c17-14-7-13(18)6-5-12(14)9-23-15-4-2-1-3-11(15)8-19-16-20-10-21-22-16/h1-7,10H,8-9H2,(H2,19,20,21,22). The zero-order chi connectivity index (χ0) is 16.1. The summed E-state index contributed by atoms with van der Waals surface area (Å²) in [6.07, 6.45) is 1.43. The van der Waals surface area contributed by atoms with E-state index in [0.29, 0.717) is 17.5 Å². The first-order chi connectivity index (χ1) is 11.2. The zero-order valence-corrected chi connectivity index (χ0v) is 12.8. The van der Waals surface area contributed by atoms with Gasteiger partial charge in [-0.25, -0.2) is 14.5 Å². The number of aromatic amines is 1. The van der Waals surface area contributed by atoms with Gasteiger partial charge in [0.15, 0.2) is 0 Å². The van der Waals surface area contributed by atoms with E-state index in [0.717, 1.165) is 16.9 Å². The Labute approximate surface area is 137 Å². The van der Waals surface area contributed by atoms with E-state index in [9.17, 15) is 4.39 Å². The molecule has 1 heterocycles. The van der Waals surface area contributed by atoms with Gasteiger partial charge in [0.1, 0.15) is 24.5 Å². The Hall–Kier alpha value is -2.60. The summed E-state index contributed by atoms with van der Waals surface area (Å²) in [6.45, 7) is 0.793. The summed E-state index contributed by atoms with van der Waals surface area (Å²) >= 11 is 6.01. The highest BCUT2D eigenvalue weighted by Gasteiger charge is 2.07. The van der Waals surface area contributed by atoms with Gasteiger partial charge in [0.05, 0.1) is 5.02 Å². The van der Waals surface area contributed by atoms with E-state index >= 15 is 0 Å². The van der Waals surface area contributed by atoms with Crippen molar-refractivity contribution >= 4 is 17.5 Å². The average molecular weight is 333 g/mol. The minimum Gasteiger partial charge on any atom is -0.488 e. The summed E-state index contributed by atoms with van der Waals surface area (Å²) in [4.78, 5) is 4.00. The molecule has 1 aromatic heterocycles. The Morgan fingerprint density at radius 1 is 1.17 bits per heavy atom. The van der Waals surface area contributed by atoms with Gasteiger partial charge in [0, 0.05) is 17.7 Å². The van der Waals surface area contributed by atoms with E-state index in [4.69, 9.17) is 16.3 Å². The van der Waals surface area contributed by atoms with E-state index in [1.54, 1.807) is 6.07 Å². The molecule has 3 aromatic rings. The van der Waals surface area contributed by atoms with Crippen LogP contribution in [-0.4, -0.2) is 15.2 Å². The lowest BCUT2D eigenvalue weighted by Crippen LogP contribution is -2.05. The molecule has 23 heavy (non-hydrogen) atoms. The second-order valence-corrected chi connectivity index (χ2v) is 5.23. The number of hydrogen-bond acceptors (Lipinski definition) is 4. The minimum atomic E-state index is -0.365. The summed E-state index contributed by atoms with van der Waals surface area (Å²) in [7, 11) is 0. The molecule has 0 fully saturated rings. The van der Waals surface area contributed by atoms with Crippen molar-refractivity contribution < 1.29 is 9.13 Å². The molecule has 3 rings (SSSR count). The first kappa shape index (κ1) is 15.3. The Morgan fingerprint density at radius 3 is 2.83 bits per heavy atom. The number of rotatable bonds is 6. The van der Waals surface area contributed by atoms with Crippen LogP contribution >= 0.6 is 11.6 Å². The summed E-state index contributed by atoms with van der Waals surface area (Å²) in [5.74, 6) is 0.941. The Kier molecular flexibility index (Phi) is 4.73. The van der Waals surface area contributed by atoms with Crippen LogP contribution in [0.3, 0.4) is 0 Å². The van der Waals surface area contributed by atoms with Crippen LogP contribution in [0.4, 0.5) is 10.3 Å². The van der Waals surface area contributed by atoms with E-state index in [1.807, 2.05) is 24.3 Å². The number of ether oxygens (including phenoxy) is 1. The molecule has 0 aliphatic heterocycles. The van der Waals surface area contributed by atoms with Crippen molar-refractivity contribution in [2.75, 3.05) is 5.32 Å². The lowest BCUT2D eigenvalue weighted by molar-refractivity contribution is 0.303. The largest absolute Gasteiger partial charge is 0.488 e. The van der Waals surface area contributed by atoms with Gasteiger partial charge >= 0.3 is 0 Å². The molecule has 0 saturated heterocycles. The van der Waals surface area contributed by atoms with Crippen molar-refractivity contribution in [3.05, 3.63) is 70.8 Å². The Bertz CT molecular complexity index is 780. The molecule has 0 aliphatic carbocycles. The van der Waals surface area contributed by atoms with Crippen molar-refractivity contribution in [2.45, 2.75) is 13.2 Å². The third kappa shape index (κ3) is 3.98. The SMILES string of the molecule is Fc1ccc(COc2ccccc2CNc2ncn[nH]2)c(Cl)c1. The highest BCUT2D eigenvalue weighted by Crippen LogP contribution is 2.23. The van der Waals surface area contributed by atoms with Crippen LogP contribution in [0, 0.1) is 5.82 Å². The maximum Gasteiger partial charge on any atom is 0.218 e. The topological polar surface area (TPSA) is 62.8 Å². The quantitative estimate of drug-likeness (QED) is 0.721. The molecule has 118 valence electrons. The molecule has 0 saturated carbocycles. The molecule has 0 atom stereocenters. The highest BCUT2D eigenvalue weighted by atomic mass is 35.5. The molecular formula is C16H14ClFN4O. The van der Waals surface area contributed by atoms with Crippen molar-refractivity contribution in [2.24, 2.45) is 0 Å². The van der Waals surface area contributed by atoms with Gasteiger partial charge in [-0.1, -0.05) is 35.9 Å². The molecule has 0 unspecified atom stereocenters. The van der Waals surface area contributed by atoms with Crippen molar-refractivity contribution in [3.8, 4) is 5.75 Å². The van der Waals surface area contributed by atoms with Gasteiger partial charge in [-0.15, -0.1) is 0 Å². The van der Waals surface area contributed by atoms with Gasteiger partial charge in [-0.3, -0.25) is 0 Å². The summed E-state index contributed by atoms with van der Waals surface area (Å²) < 4.78 is 18.9. The number of H-pyrrole nitrogens is 1. The van der Waals surface area contributed by atoms with Crippen LogP contribution < -0.4 is 10.1 Å². The monoisotopic (exact) mass is 332 g/mol. The number of para-hydroxylation sites is 1. The average Bonchev–Trinajstić information content (AvgIpc) is 3.06. The maximum atomic E-state index is 13.1. The predicted octanol–water partition coefficient (Wildman–Crippen LogP) is 3.79. The molecule has 0 spiro atoms. The summed E-state index contributed by atoms with van der Waals surface area (Å²) in [5.41, 5.74) is 1.69. The summed E-state index contributed by atoms with van der Waals surface area (Å²) in [5, 5.41) is 9.97. The van der Waals surface area contributed by atoms with Crippen LogP contribution in [-0.2, 0) is 13.2 Å². The fourth-order valence-electron chi connectivity index (χ4n) is 2.05. The van der Waals surface area contributed by atoms with E-state index in [2.05, 4.69) is 20.5 Å². The van der Waals surface area contributed by atoms with E-state index in [1.165, 1.54) is 18.5 Å². The fourth-order valence-corrected chi connectivity index (χ4v) is 2.28. The normalized spacial score (nSPS) is 10.5. The molecule has 0 bridgehead atoms. The van der Waals surface area contributed by atoms with Crippen molar-refractivity contribution in [1.82, 2.24) is 15.2 Å². The lowest BCUT2D eigenvalue weighted by atomic mass is 10.2. The molecular weight excluding hydrogens is 319 g/mol. The van der Waals surface area contributed by atoms with Gasteiger partial charge in [0.2, 0.25) is 5.95 Å². The Balaban J connectivity index is 1.67. The minimum absolute atomic E-state index is 0.262. The maximum absolute atomic E-state index is 13.1. The number of aromatic nitrogens is 3. The van der Waals surface area contributed by atoms with Crippen molar-refractivity contribution in [1.29, 1.82) is 0 Å². The van der Waals surface area contributed by atoms with Gasteiger partial charge in [0.25, 0.3) is 0 Å². The van der Waals surface area contributed by atoms with Gasteiger partial charge in [-0.2, -0.15) is 5.10 Å². The highest BCUT2D eigenvalue weighted by molar-refractivity contribution is 6.31. The number of hydrogen-bond donors (Lipinski definition) is 2. The Morgan fingerprint density at radius 2 is 2.04 bits per heavy atom. The molecule has 2 aromatic carbocycles. The van der Waals surface area contributed by atoms with Crippen LogP contribution in [0.15, 0.2) is 48.8 Å². The third-order valence-electron chi connectivity index (χ3n) is 3.23. The lowest BCUT2D eigenvalue weighted by Gasteiger charge is -2.12. The molecule has 0 radical (unpaired) electrons. The summed E-state index contributed by atoms with van der Waals surface area (Å²) in [6, 6.07) is 11.9. The van der Waals surface area contributed by atoms with Gasteiger partial charge in [-0.05, 0) is 18.2 Å². The fraction of sp³-hybridized carbons (Fsp3) is 0.125. The van der Waals surface area contributed by atoms with E-state index in [-0.39, 0.29) is 12.4 Å². The van der Waals surface area contributed by atoms with Crippen LogP contribution in [0.1, 0.15) is 11.1 Å². The van der Waals surface area contributed by atoms with E-state index < -0.39 is 0 Å². The molecule has 5 nitrogen and oxygen atoms in total. The molecule has 2 N–H and O–H groups in total. The second kappa shape index (κ2) is 7.11. The first-order valence-electron chi connectivity index (χ1n) is 6.96. The van der Waals surface area contributed by atoms with Crippen molar-refractivity contribution in [3.63, 3.8) is 0 Å². The number of halogens is 2. The van der Waals surface area contributed by atoms with Crippen LogP contribution in [0.5, 0.6) is 5.75 Å². The third-order valence-corrected chi connectivity index (χ3v) is 3.58. The second-order valence-electron chi connectivity index (χ2n) is 4.82. The number of benzene rings is 2. The molecule has 7 heteroatoms. The first-order valence-corrected chi connectivity index (χ1v) is 7.34. The number of nitrogens with one attached hydrogen (secondary N) is 2. The number of nitrogens with zero attached hydrogens (tertiary/aromatic N) is 2. The van der Waals surface area contributed by atoms with Crippen LogP contribution in [0.2, 0.25) is 5.02 Å². The van der Waals surface area contributed by atoms with Gasteiger partial charge < -0.3 is 10.1 Å². The smallest absolute Gasteiger partial charge is 0.218 e. The zero-order valence-electron chi connectivity index (χ0n) is 12.1. The number of anilines is 1. The predicted molar refractivity (Wildman–Crippen MR) is 85.9 cm³/mol. The molecule has 0 aliphatic rings. The molecule has 0 amide bonds. The van der Waals surface area contributed by atoms with Crippen LogP contribution in [0.25, 0.3) is 0 Å².